The summed E-state index contributed by atoms with van der Waals surface area (Å²) in [6.45, 7) is 0.261. The zero-order valence-corrected chi connectivity index (χ0v) is 13.8. The van der Waals surface area contributed by atoms with Crippen LogP contribution in [0.5, 0.6) is 11.5 Å². The normalized spacial score (nSPS) is 10.7. The first-order chi connectivity index (χ1) is 11.0. The molecule has 2 aromatic rings. The van der Waals surface area contributed by atoms with Gasteiger partial charge in [0.2, 0.25) is 0 Å². The summed E-state index contributed by atoms with van der Waals surface area (Å²) in [4.78, 5) is 10.5. The highest BCUT2D eigenvalue weighted by molar-refractivity contribution is 6.35. The Bertz CT molecular complexity index is 741. The van der Waals surface area contributed by atoms with E-state index in [-0.39, 0.29) is 6.61 Å². The largest absolute Gasteiger partial charge is 0.493 e. The maximum Gasteiger partial charge on any atom is 0.328 e. The first kappa shape index (κ1) is 17.2. The third kappa shape index (κ3) is 4.91. The fourth-order valence-corrected chi connectivity index (χ4v) is 2.33. The van der Waals surface area contributed by atoms with E-state index in [0.29, 0.717) is 27.1 Å². The maximum atomic E-state index is 10.5. The third-order valence-electron chi connectivity index (χ3n) is 3.00. The Labute approximate surface area is 143 Å². The Kier molecular flexibility index (Phi) is 5.90. The van der Waals surface area contributed by atoms with Crippen LogP contribution in [0.1, 0.15) is 11.1 Å². The lowest BCUT2D eigenvalue weighted by atomic mass is 10.2. The molecule has 0 aliphatic heterocycles. The van der Waals surface area contributed by atoms with Gasteiger partial charge in [-0.1, -0.05) is 35.3 Å². The van der Waals surface area contributed by atoms with Crippen molar-refractivity contribution in [1.82, 2.24) is 0 Å². The van der Waals surface area contributed by atoms with Crippen molar-refractivity contribution in [2.75, 3.05) is 7.11 Å². The quantitative estimate of drug-likeness (QED) is 0.767. The van der Waals surface area contributed by atoms with Crippen molar-refractivity contribution in [3.63, 3.8) is 0 Å². The number of methoxy groups -OCH3 is 1. The Morgan fingerprint density at radius 3 is 2.61 bits per heavy atom. The van der Waals surface area contributed by atoms with Gasteiger partial charge in [-0.3, -0.25) is 0 Å². The second-order valence-electron chi connectivity index (χ2n) is 4.61. The van der Waals surface area contributed by atoms with Gasteiger partial charge in [0.25, 0.3) is 0 Å². The van der Waals surface area contributed by atoms with Crippen LogP contribution >= 0.6 is 23.2 Å². The van der Waals surface area contributed by atoms with Crippen molar-refractivity contribution < 1.29 is 19.4 Å². The summed E-state index contributed by atoms with van der Waals surface area (Å²) in [5.41, 5.74) is 1.49. The Morgan fingerprint density at radius 1 is 1.17 bits per heavy atom. The summed E-state index contributed by atoms with van der Waals surface area (Å²) < 4.78 is 11.0. The molecule has 2 rings (SSSR count). The first-order valence-corrected chi connectivity index (χ1v) is 7.41. The summed E-state index contributed by atoms with van der Waals surface area (Å²) in [5, 5.41) is 9.73. The van der Waals surface area contributed by atoms with E-state index >= 15 is 0 Å². The minimum Gasteiger partial charge on any atom is -0.493 e. The molecule has 2 aromatic carbocycles. The fourth-order valence-electron chi connectivity index (χ4n) is 1.87. The average Bonchev–Trinajstić information content (AvgIpc) is 2.52. The number of benzene rings is 2. The third-order valence-corrected chi connectivity index (χ3v) is 3.59. The molecule has 23 heavy (non-hydrogen) atoms. The number of hydrogen-bond acceptors (Lipinski definition) is 3. The van der Waals surface area contributed by atoms with Crippen molar-refractivity contribution in [2.45, 2.75) is 6.61 Å². The molecule has 0 saturated carbocycles. The lowest BCUT2D eigenvalue weighted by Gasteiger charge is -2.12. The van der Waals surface area contributed by atoms with Crippen molar-refractivity contribution in [3.05, 3.63) is 63.6 Å². The molecule has 1 N–H and O–H groups in total. The van der Waals surface area contributed by atoms with Crippen molar-refractivity contribution in [2.24, 2.45) is 0 Å². The summed E-state index contributed by atoms with van der Waals surface area (Å²) in [5.74, 6) is 0.0234. The molecule has 0 heterocycles. The molecule has 0 fully saturated rings. The topological polar surface area (TPSA) is 55.8 Å². The van der Waals surface area contributed by atoms with Crippen LogP contribution in [-0.4, -0.2) is 18.2 Å². The highest BCUT2D eigenvalue weighted by Crippen LogP contribution is 2.30. The van der Waals surface area contributed by atoms with Crippen molar-refractivity contribution in [1.29, 1.82) is 0 Å². The Hall–Kier alpha value is -2.17. The minimum atomic E-state index is -1.01. The smallest absolute Gasteiger partial charge is 0.328 e. The molecule has 0 aliphatic rings. The van der Waals surface area contributed by atoms with Crippen LogP contribution in [0.4, 0.5) is 0 Å². The molecule has 0 amide bonds. The van der Waals surface area contributed by atoms with Crippen LogP contribution in [0.3, 0.4) is 0 Å². The number of rotatable bonds is 6. The summed E-state index contributed by atoms with van der Waals surface area (Å²) in [6, 6.07) is 10.3. The molecule has 4 nitrogen and oxygen atoms in total. The lowest BCUT2D eigenvalue weighted by molar-refractivity contribution is -0.131. The van der Waals surface area contributed by atoms with Crippen LogP contribution in [-0.2, 0) is 11.4 Å². The van der Waals surface area contributed by atoms with Crippen LogP contribution in [0, 0.1) is 0 Å². The van der Waals surface area contributed by atoms with Gasteiger partial charge >= 0.3 is 5.97 Å². The maximum absolute atomic E-state index is 10.5. The number of carboxylic acid groups (broad SMARTS) is 1. The van der Waals surface area contributed by atoms with E-state index in [1.54, 1.807) is 36.4 Å². The summed E-state index contributed by atoms with van der Waals surface area (Å²) in [7, 11) is 1.52. The molecule has 6 heteroatoms. The van der Waals surface area contributed by atoms with Gasteiger partial charge in [-0.05, 0) is 35.9 Å². The Balaban J connectivity index is 2.14. The number of carbonyl (C=O) groups is 1. The van der Waals surface area contributed by atoms with Gasteiger partial charge in [0.15, 0.2) is 11.5 Å². The van der Waals surface area contributed by atoms with Gasteiger partial charge in [-0.25, -0.2) is 4.79 Å². The lowest BCUT2D eigenvalue weighted by Crippen LogP contribution is -1.98. The predicted molar refractivity (Wildman–Crippen MR) is 90.5 cm³/mol. The molecule has 0 radical (unpaired) electrons. The van der Waals surface area contributed by atoms with Crippen LogP contribution in [0.25, 0.3) is 6.08 Å². The zero-order valence-electron chi connectivity index (χ0n) is 12.3. The van der Waals surface area contributed by atoms with Gasteiger partial charge in [-0.15, -0.1) is 0 Å². The molecule has 0 unspecified atom stereocenters. The molecule has 0 aliphatic carbocycles. The molecule has 0 bridgehead atoms. The highest BCUT2D eigenvalue weighted by Gasteiger charge is 2.07. The summed E-state index contributed by atoms with van der Waals surface area (Å²) >= 11 is 12.0. The first-order valence-electron chi connectivity index (χ1n) is 6.65. The molecule has 0 saturated heterocycles. The molecular weight excluding hydrogens is 339 g/mol. The minimum absolute atomic E-state index is 0.261. The van der Waals surface area contributed by atoms with Crippen LogP contribution < -0.4 is 9.47 Å². The molecule has 0 aromatic heterocycles. The van der Waals surface area contributed by atoms with E-state index < -0.39 is 5.97 Å². The van der Waals surface area contributed by atoms with Crippen LogP contribution in [0.2, 0.25) is 10.0 Å². The predicted octanol–water partition coefficient (Wildman–Crippen LogP) is 4.68. The highest BCUT2D eigenvalue weighted by atomic mass is 35.5. The Morgan fingerprint density at radius 2 is 1.96 bits per heavy atom. The van der Waals surface area contributed by atoms with Gasteiger partial charge in [-0.2, -0.15) is 0 Å². The number of carboxylic acids is 1. The molecule has 0 spiro atoms. The fraction of sp³-hybridized carbons (Fsp3) is 0.118. The summed E-state index contributed by atoms with van der Waals surface area (Å²) in [6.07, 6.45) is 2.54. The molecule has 0 atom stereocenters. The number of ether oxygens (including phenoxy) is 2. The van der Waals surface area contributed by atoms with Gasteiger partial charge < -0.3 is 14.6 Å². The molecular formula is C17H14Cl2O4. The number of halogens is 2. The van der Waals surface area contributed by atoms with E-state index in [0.717, 1.165) is 11.6 Å². The van der Waals surface area contributed by atoms with Gasteiger partial charge in [0, 0.05) is 21.7 Å². The van der Waals surface area contributed by atoms with E-state index in [9.17, 15) is 4.79 Å². The van der Waals surface area contributed by atoms with E-state index in [2.05, 4.69) is 0 Å². The molecule has 120 valence electrons. The van der Waals surface area contributed by atoms with Crippen molar-refractivity contribution in [3.8, 4) is 11.5 Å². The van der Waals surface area contributed by atoms with Crippen LogP contribution in [0.15, 0.2) is 42.5 Å². The number of aliphatic carboxylic acids is 1. The second-order valence-corrected chi connectivity index (χ2v) is 5.45. The number of hydrogen-bond donors (Lipinski definition) is 1. The van der Waals surface area contributed by atoms with Gasteiger partial charge in [0.05, 0.1) is 7.11 Å². The zero-order chi connectivity index (χ0) is 16.8. The SMILES string of the molecule is COc1cc(/C=C/C(=O)O)ccc1OCc1ccc(Cl)cc1Cl. The average molecular weight is 353 g/mol. The van der Waals surface area contributed by atoms with Gasteiger partial charge in [0.1, 0.15) is 6.61 Å². The monoisotopic (exact) mass is 352 g/mol. The van der Waals surface area contributed by atoms with Crippen molar-refractivity contribution >= 4 is 35.2 Å². The standard InChI is InChI=1S/C17H14Cl2O4/c1-22-16-8-11(3-7-17(20)21)2-6-15(16)23-10-12-4-5-13(18)9-14(12)19/h2-9H,10H2,1H3,(H,20,21)/b7-3+. The second kappa shape index (κ2) is 7.90. The van der Waals surface area contributed by atoms with E-state index in [1.807, 2.05) is 0 Å². The van der Waals surface area contributed by atoms with E-state index in [1.165, 1.54) is 13.2 Å². The van der Waals surface area contributed by atoms with E-state index in [4.69, 9.17) is 37.8 Å².